The van der Waals surface area contributed by atoms with E-state index in [0.29, 0.717) is 0 Å². The van der Waals surface area contributed by atoms with Gasteiger partial charge in [0.05, 0.1) is 0 Å². The average Bonchev–Trinajstić information content (AvgIpc) is 2.74. The maximum atomic E-state index is 4.06. The summed E-state index contributed by atoms with van der Waals surface area (Å²) in [7, 11) is 0. The number of hydrogen-bond acceptors (Lipinski definition) is 0. The summed E-state index contributed by atoms with van der Waals surface area (Å²) >= 11 is 0. The van der Waals surface area contributed by atoms with E-state index in [1.807, 2.05) is 6.07 Å². The first kappa shape index (κ1) is 26.2. The molecule has 1 unspecified atom stereocenters. The number of hydrogen-bond donors (Lipinski definition) is 0. The molecule has 0 fully saturated rings. The van der Waals surface area contributed by atoms with Gasteiger partial charge in [0.2, 0.25) is 0 Å². The number of unbranched alkanes of at least 4 members (excludes halogenated alkanes) is 2. The van der Waals surface area contributed by atoms with Crippen LogP contribution in [0.4, 0.5) is 0 Å². The van der Waals surface area contributed by atoms with Crippen LogP contribution < -0.4 is 0 Å². The van der Waals surface area contributed by atoms with Crippen LogP contribution in [0.2, 0.25) is 0 Å². The fourth-order valence-corrected chi connectivity index (χ4v) is 2.48. The second-order valence-electron chi connectivity index (χ2n) is 7.78. The first-order valence-corrected chi connectivity index (χ1v) is 11.3. The Morgan fingerprint density at radius 2 is 1.39 bits per heavy atom. The molecule has 0 saturated heterocycles. The summed E-state index contributed by atoms with van der Waals surface area (Å²) in [6.07, 6.45) is 8.74. The van der Waals surface area contributed by atoms with Crippen molar-refractivity contribution in [3.05, 3.63) is 77.9 Å². The fraction of sp³-hybridized carbons (Fsp3) is 0.500. The third-order valence-corrected chi connectivity index (χ3v) is 4.92. The molecule has 0 spiro atoms. The molecule has 0 heterocycles. The van der Waals surface area contributed by atoms with Gasteiger partial charge in [-0.25, -0.2) is 0 Å². The van der Waals surface area contributed by atoms with E-state index in [2.05, 4.69) is 96.7 Å². The Hall–Kier alpha value is -1.82. The highest BCUT2D eigenvalue weighted by Gasteiger charge is 1.99. The summed E-state index contributed by atoms with van der Waals surface area (Å²) < 4.78 is 0. The zero-order valence-corrected chi connectivity index (χ0v) is 19.4. The third kappa shape index (κ3) is 13.4. The van der Waals surface area contributed by atoms with Crippen LogP contribution in [0.1, 0.15) is 89.8 Å². The molecule has 0 heteroatoms. The molecule has 0 aromatic heterocycles. The van der Waals surface area contributed by atoms with Crippen LogP contribution in [-0.4, -0.2) is 0 Å². The van der Waals surface area contributed by atoms with Crippen LogP contribution in [0.5, 0.6) is 0 Å². The lowest BCUT2D eigenvalue weighted by Crippen LogP contribution is -1.97. The standard InChI is InChI=1S/C12H18.C12H16.C4H10/c1-4-10(2)9-12-7-5-11(3)6-8-12;1-3-4-8-11(2)12-9-6-5-7-10-12;1-3-4-2/h5-8,10H,4,9H2,1-3H3;5-7,9-10H,2-4,8H2,1H3;3-4H2,1-2H3. The minimum Gasteiger partial charge on any atom is -0.0952 e. The van der Waals surface area contributed by atoms with E-state index in [0.717, 1.165) is 12.3 Å². The molecular weight excluding hydrogens is 336 g/mol. The Labute approximate surface area is 176 Å². The van der Waals surface area contributed by atoms with Crippen molar-refractivity contribution in [2.45, 2.75) is 86.5 Å². The summed E-state index contributed by atoms with van der Waals surface area (Å²) in [5.74, 6) is 0.813. The monoisotopic (exact) mass is 380 g/mol. The predicted octanol–water partition coefficient (Wildman–Crippen LogP) is 9.28. The van der Waals surface area contributed by atoms with E-state index < -0.39 is 0 Å². The van der Waals surface area contributed by atoms with Crippen LogP contribution in [0.15, 0.2) is 61.2 Å². The SMILES string of the molecule is C=C(CCCC)c1ccccc1.CCC(C)Cc1ccc(C)cc1.CCCC. The lowest BCUT2D eigenvalue weighted by Gasteiger charge is -2.07. The molecule has 28 heavy (non-hydrogen) atoms. The van der Waals surface area contributed by atoms with Crippen molar-refractivity contribution in [2.75, 3.05) is 0 Å². The lowest BCUT2D eigenvalue weighted by molar-refractivity contribution is 0.560. The van der Waals surface area contributed by atoms with Crippen molar-refractivity contribution in [1.29, 1.82) is 0 Å². The normalized spacial score (nSPS) is 10.8. The highest BCUT2D eigenvalue weighted by molar-refractivity contribution is 5.62. The summed E-state index contributed by atoms with van der Waals surface area (Å²) in [6, 6.07) is 19.3. The molecule has 0 nitrogen and oxygen atoms in total. The van der Waals surface area contributed by atoms with Crippen LogP contribution >= 0.6 is 0 Å². The van der Waals surface area contributed by atoms with Crippen LogP contribution in [-0.2, 0) is 6.42 Å². The number of allylic oxidation sites excluding steroid dienone is 1. The average molecular weight is 381 g/mol. The fourth-order valence-electron chi connectivity index (χ4n) is 2.48. The van der Waals surface area contributed by atoms with E-state index in [-0.39, 0.29) is 0 Å². The second-order valence-corrected chi connectivity index (χ2v) is 7.78. The molecule has 0 aliphatic rings. The minimum absolute atomic E-state index is 0.813. The molecular formula is C28H44. The maximum absolute atomic E-state index is 4.06. The molecule has 0 amide bonds. The summed E-state index contributed by atoms with van der Waals surface area (Å²) in [4.78, 5) is 0. The Kier molecular flexibility index (Phi) is 16.2. The predicted molar refractivity (Wildman–Crippen MR) is 130 cm³/mol. The molecule has 0 saturated carbocycles. The molecule has 2 rings (SSSR count). The van der Waals surface area contributed by atoms with Gasteiger partial charge >= 0.3 is 0 Å². The van der Waals surface area contributed by atoms with Gasteiger partial charge in [-0.1, -0.05) is 127 Å². The smallest absolute Gasteiger partial charge is 0.0230 e. The third-order valence-electron chi connectivity index (χ3n) is 4.92. The van der Waals surface area contributed by atoms with Gasteiger partial charge in [-0.3, -0.25) is 0 Å². The highest BCUT2D eigenvalue weighted by Crippen LogP contribution is 2.17. The van der Waals surface area contributed by atoms with Gasteiger partial charge in [0.1, 0.15) is 0 Å². The second kappa shape index (κ2) is 17.3. The van der Waals surface area contributed by atoms with Crippen molar-refractivity contribution in [3.8, 4) is 0 Å². The van der Waals surface area contributed by atoms with E-state index in [4.69, 9.17) is 0 Å². The number of rotatable bonds is 8. The van der Waals surface area contributed by atoms with Crippen molar-refractivity contribution >= 4 is 5.57 Å². The van der Waals surface area contributed by atoms with Gasteiger partial charge in [0, 0.05) is 0 Å². The number of aryl methyl sites for hydroxylation is 1. The van der Waals surface area contributed by atoms with Crippen molar-refractivity contribution < 1.29 is 0 Å². The van der Waals surface area contributed by atoms with Gasteiger partial charge in [0.15, 0.2) is 0 Å². The molecule has 0 aliphatic heterocycles. The molecule has 0 radical (unpaired) electrons. The van der Waals surface area contributed by atoms with Crippen molar-refractivity contribution in [3.63, 3.8) is 0 Å². The van der Waals surface area contributed by atoms with Crippen LogP contribution in [0, 0.1) is 12.8 Å². The summed E-state index contributed by atoms with van der Waals surface area (Å²) in [5.41, 5.74) is 5.36. The zero-order chi connectivity index (χ0) is 21.2. The largest absolute Gasteiger partial charge is 0.0952 e. The Morgan fingerprint density at radius 1 is 0.821 bits per heavy atom. The van der Waals surface area contributed by atoms with E-state index in [1.54, 1.807) is 0 Å². The van der Waals surface area contributed by atoms with E-state index in [9.17, 15) is 0 Å². The quantitative estimate of drug-likeness (QED) is 0.428. The van der Waals surface area contributed by atoms with Crippen molar-refractivity contribution in [2.24, 2.45) is 5.92 Å². The maximum Gasteiger partial charge on any atom is -0.0230 e. The molecule has 1 atom stereocenters. The molecule has 2 aromatic carbocycles. The van der Waals surface area contributed by atoms with Gasteiger partial charge in [-0.05, 0) is 48.8 Å². The summed E-state index contributed by atoms with van der Waals surface area (Å²) in [6.45, 7) is 17.3. The Morgan fingerprint density at radius 3 is 1.86 bits per heavy atom. The molecule has 0 aliphatic carbocycles. The lowest BCUT2D eigenvalue weighted by atomic mass is 9.98. The zero-order valence-electron chi connectivity index (χ0n) is 19.4. The van der Waals surface area contributed by atoms with Gasteiger partial charge in [0.25, 0.3) is 0 Å². The first-order chi connectivity index (χ1) is 13.5. The van der Waals surface area contributed by atoms with Crippen molar-refractivity contribution in [1.82, 2.24) is 0 Å². The van der Waals surface area contributed by atoms with Gasteiger partial charge in [-0.2, -0.15) is 0 Å². The summed E-state index contributed by atoms with van der Waals surface area (Å²) in [5, 5.41) is 0. The topological polar surface area (TPSA) is 0 Å². The Balaban J connectivity index is 0.000000439. The van der Waals surface area contributed by atoms with E-state index >= 15 is 0 Å². The van der Waals surface area contributed by atoms with Gasteiger partial charge in [-0.15, -0.1) is 0 Å². The van der Waals surface area contributed by atoms with Crippen LogP contribution in [0.25, 0.3) is 5.57 Å². The number of benzene rings is 2. The minimum atomic E-state index is 0.813. The van der Waals surface area contributed by atoms with Crippen LogP contribution in [0.3, 0.4) is 0 Å². The Bertz CT molecular complexity index is 590. The van der Waals surface area contributed by atoms with E-state index in [1.165, 1.54) is 60.8 Å². The molecule has 0 bridgehead atoms. The van der Waals surface area contributed by atoms with Gasteiger partial charge < -0.3 is 0 Å². The molecule has 0 N–H and O–H groups in total. The molecule has 156 valence electrons. The highest BCUT2D eigenvalue weighted by atomic mass is 14.0. The first-order valence-electron chi connectivity index (χ1n) is 11.3. The molecule has 2 aromatic rings.